The van der Waals surface area contributed by atoms with Gasteiger partial charge >= 0.3 is 0 Å². The lowest BCUT2D eigenvalue weighted by Crippen LogP contribution is -2.51. The number of nitrogens with one attached hydrogen (secondary N) is 1. The maximum absolute atomic E-state index is 11.0. The Hall–Kier alpha value is -0.900. The van der Waals surface area contributed by atoms with Gasteiger partial charge in [-0.15, -0.1) is 11.3 Å². The SMILES string of the molecule is CCC1CNCCC1(O)Cc1csc2ccccc12. The molecule has 1 fully saturated rings. The van der Waals surface area contributed by atoms with Gasteiger partial charge in [-0.2, -0.15) is 0 Å². The maximum Gasteiger partial charge on any atom is 0.0740 e. The van der Waals surface area contributed by atoms with E-state index in [1.165, 1.54) is 15.6 Å². The van der Waals surface area contributed by atoms with Crippen LogP contribution in [0.25, 0.3) is 10.1 Å². The number of piperidine rings is 1. The highest BCUT2D eigenvalue weighted by atomic mass is 32.1. The van der Waals surface area contributed by atoms with Crippen LogP contribution in [-0.2, 0) is 6.42 Å². The van der Waals surface area contributed by atoms with Crippen molar-refractivity contribution in [3.8, 4) is 0 Å². The first-order chi connectivity index (χ1) is 9.23. The van der Waals surface area contributed by atoms with Gasteiger partial charge in [0.25, 0.3) is 0 Å². The largest absolute Gasteiger partial charge is 0.389 e. The quantitative estimate of drug-likeness (QED) is 0.901. The fraction of sp³-hybridized carbons (Fsp3) is 0.500. The third kappa shape index (κ3) is 2.42. The van der Waals surface area contributed by atoms with Crippen LogP contribution in [0.3, 0.4) is 0 Å². The third-order valence-electron chi connectivity index (χ3n) is 4.44. The van der Waals surface area contributed by atoms with E-state index in [1.807, 2.05) is 0 Å². The van der Waals surface area contributed by atoms with Crippen molar-refractivity contribution >= 4 is 21.4 Å². The van der Waals surface area contributed by atoms with Crippen molar-refractivity contribution in [3.05, 3.63) is 35.2 Å². The Morgan fingerprint density at radius 3 is 3.11 bits per heavy atom. The van der Waals surface area contributed by atoms with E-state index in [-0.39, 0.29) is 0 Å². The van der Waals surface area contributed by atoms with E-state index in [1.54, 1.807) is 11.3 Å². The molecule has 1 aromatic carbocycles. The zero-order valence-electron chi connectivity index (χ0n) is 11.4. The minimum absolute atomic E-state index is 0.361. The Balaban J connectivity index is 1.90. The van der Waals surface area contributed by atoms with Crippen molar-refractivity contribution in [3.63, 3.8) is 0 Å². The van der Waals surface area contributed by atoms with Crippen LogP contribution < -0.4 is 5.32 Å². The molecule has 19 heavy (non-hydrogen) atoms. The molecule has 0 amide bonds. The summed E-state index contributed by atoms with van der Waals surface area (Å²) in [5.41, 5.74) is 0.771. The van der Waals surface area contributed by atoms with Crippen LogP contribution in [0, 0.1) is 5.92 Å². The van der Waals surface area contributed by atoms with Gasteiger partial charge in [-0.05, 0) is 41.8 Å². The molecule has 1 aliphatic rings. The summed E-state index contributed by atoms with van der Waals surface area (Å²) in [5.74, 6) is 0.361. The summed E-state index contributed by atoms with van der Waals surface area (Å²) in [4.78, 5) is 0. The molecule has 0 radical (unpaired) electrons. The van der Waals surface area contributed by atoms with Crippen LogP contribution in [0.1, 0.15) is 25.3 Å². The molecule has 3 heteroatoms. The average Bonchev–Trinajstić information content (AvgIpc) is 2.82. The Morgan fingerprint density at radius 1 is 1.42 bits per heavy atom. The summed E-state index contributed by atoms with van der Waals surface area (Å²) in [7, 11) is 0. The van der Waals surface area contributed by atoms with Gasteiger partial charge in [0.05, 0.1) is 5.60 Å². The fourth-order valence-electron chi connectivity index (χ4n) is 3.23. The van der Waals surface area contributed by atoms with Gasteiger partial charge in [-0.25, -0.2) is 0 Å². The van der Waals surface area contributed by atoms with Crippen molar-refractivity contribution in [2.45, 2.75) is 31.8 Å². The van der Waals surface area contributed by atoms with E-state index >= 15 is 0 Å². The van der Waals surface area contributed by atoms with Crippen LogP contribution in [-0.4, -0.2) is 23.8 Å². The van der Waals surface area contributed by atoms with Crippen molar-refractivity contribution in [2.75, 3.05) is 13.1 Å². The van der Waals surface area contributed by atoms with Crippen molar-refractivity contribution in [2.24, 2.45) is 5.92 Å². The second-order valence-corrected chi connectivity index (χ2v) is 6.51. The highest BCUT2D eigenvalue weighted by molar-refractivity contribution is 7.17. The predicted octanol–water partition coefficient (Wildman–Crippen LogP) is 3.19. The number of hydrogen-bond donors (Lipinski definition) is 2. The minimum Gasteiger partial charge on any atom is -0.389 e. The predicted molar refractivity (Wildman–Crippen MR) is 81.7 cm³/mol. The Kier molecular flexibility index (Phi) is 3.61. The highest BCUT2D eigenvalue weighted by Gasteiger charge is 2.38. The molecule has 0 aliphatic carbocycles. The summed E-state index contributed by atoms with van der Waals surface area (Å²) < 4.78 is 1.32. The monoisotopic (exact) mass is 275 g/mol. The molecule has 0 bridgehead atoms. The molecule has 2 aromatic rings. The molecule has 2 atom stereocenters. The molecular formula is C16H21NOS. The van der Waals surface area contributed by atoms with Crippen LogP contribution >= 0.6 is 11.3 Å². The van der Waals surface area contributed by atoms with E-state index in [2.05, 4.69) is 41.9 Å². The summed E-state index contributed by atoms with van der Waals surface area (Å²) in [6.45, 7) is 4.04. The zero-order valence-corrected chi connectivity index (χ0v) is 12.2. The van der Waals surface area contributed by atoms with Gasteiger partial charge in [0.15, 0.2) is 0 Å². The second kappa shape index (κ2) is 5.23. The first-order valence-corrected chi connectivity index (χ1v) is 7.99. The van der Waals surface area contributed by atoms with E-state index in [9.17, 15) is 5.11 Å². The van der Waals surface area contributed by atoms with Gasteiger partial charge in [0.2, 0.25) is 0 Å². The number of hydrogen-bond acceptors (Lipinski definition) is 3. The standard InChI is InChI=1S/C16H21NOS/c1-2-13-10-17-8-7-16(13,18)9-12-11-19-15-6-4-3-5-14(12)15/h3-6,11,13,17-18H,2,7-10H2,1H3. The van der Waals surface area contributed by atoms with Crippen LogP contribution in [0.2, 0.25) is 0 Å². The minimum atomic E-state index is -0.538. The normalized spacial score (nSPS) is 27.8. The molecule has 0 saturated carbocycles. The molecule has 1 aromatic heterocycles. The summed E-state index contributed by atoms with van der Waals surface area (Å²) in [6, 6.07) is 8.50. The smallest absolute Gasteiger partial charge is 0.0740 e. The summed E-state index contributed by atoms with van der Waals surface area (Å²) >= 11 is 1.78. The van der Waals surface area contributed by atoms with E-state index in [0.29, 0.717) is 5.92 Å². The zero-order chi connectivity index (χ0) is 13.3. The Bertz CT molecular complexity index is 565. The Labute approximate surface area is 118 Å². The maximum atomic E-state index is 11.0. The molecule has 2 unspecified atom stereocenters. The van der Waals surface area contributed by atoms with Crippen LogP contribution in [0.4, 0.5) is 0 Å². The van der Waals surface area contributed by atoms with Gasteiger partial charge in [0, 0.05) is 23.6 Å². The molecule has 2 N–H and O–H groups in total. The lowest BCUT2D eigenvalue weighted by molar-refractivity contribution is -0.0411. The average molecular weight is 275 g/mol. The lowest BCUT2D eigenvalue weighted by Gasteiger charge is -2.40. The molecule has 1 aliphatic heterocycles. The van der Waals surface area contributed by atoms with Gasteiger partial charge < -0.3 is 10.4 Å². The number of rotatable bonds is 3. The van der Waals surface area contributed by atoms with Crippen molar-refractivity contribution in [1.29, 1.82) is 0 Å². The van der Waals surface area contributed by atoms with Gasteiger partial charge in [-0.3, -0.25) is 0 Å². The number of benzene rings is 1. The summed E-state index contributed by atoms with van der Waals surface area (Å²) in [6.07, 6.45) is 2.68. The molecule has 2 heterocycles. The first-order valence-electron chi connectivity index (χ1n) is 7.11. The topological polar surface area (TPSA) is 32.3 Å². The highest BCUT2D eigenvalue weighted by Crippen LogP contribution is 2.35. The molecule has 3 rings (SSSR count). The van der Waals surface area contributed by atoms with E-state index in [0.717, 1.165) is 32.4 Å². The molecule has 102 valence electrons. The fourth-order valence-corrected chi connectivity index (χ4v) is 4.19. The van der Waals surface area contributed by atoms with Gasteiger partial charge in [-0.1, -0.05) is 25.1 Å². The van der Waals surface area contributed by atoms with Crippen LogP contribution in [0.15, 0.2) is 29.6 Å². The van der Waals surface area contributed by atoms with Crippen molar-refractivity contribution in [1.82, 2.24) is 5.32 Å². The molecule has 1 saturated heterocycles. The van der Waals surface area contributed by atoms with Crippen molar-refractivity contribution < 1.29 is 5.11 Å². The molecule has 2 nitrogen and oxygen atoms in total. The third-order valence-corrected chi connectivity index (χ3v) is 5.45. The molecule has 0 spiro atoms. The van der Waals surface area contributed by atoms with Gasteiger partial charge in [0.1, 0.15) is 0 Å². The number of thiophene rings is 1. The number of aliphatic hydroxyl groups is 1. The Morgan fingerprint density at radius 2 is 2.26 bits per heavy atom. The second-order valence-electron chi connectivity index (χ2n) is 5.60. The van der Waals surface area contributed by atoms with Crippen LogP contribution in [0.5, 0.6) is 0 Å². The lowest BCUT2D eigenvalue weighted by atomic mass is 9.76. The number of fused-ring (bicyclic) bond motifs is 1. The van der Waals surface area contributed by atoms with E-state index in [4.69, 9.17) is 0 Å². The molecular weight excluding hydrogens is 254 g/mol. The first kappa shape index (κ1) is 13.1. The summed E-state index contributed by atoms with van der Waals surface area (Å²) in [5, 5.41) is 18.0. The van der Waals surface area contributed by atoms with E-state index < -0.39 is 5.60 Å².